The van der Waals surface area contributed by atoms with Gasteiger partial charge in [-0.1, -0.05) is 11.6 Å². The minimum absolute atomic E-state index is 0.0412. The van der Waals surface area contributed by atoms with Gasteiger partial charge in [-0.15, -0.1) is 0 Å². The van der Waals surface area contributed by atoms with Gasteiger partial charge >= 0.3 is 5.97 Å². The molecule has 1 amide bonds. The summed E-state index contributed by atoms with van der Waals surface area (Å²) in [6.45, 7) is 1.58. The molecule has 0 saturated carbocycles. The molecule has 0 radical (unpaired) electrons. The van der Waals surface area contributed by atoms with Crippen molar-refractivity contribution in [3.63, 3.8) is 0 Å². The molecule has 10 heteroatoms. The van der Waals surface area contributed by atoms with E-state index in [1.807, 2.05) is 6.26 Å². The lowest BCUT2D eigenvalue weighted by atomic mass is 9.97. The number of hydrogen-bond acceptors (Lipinski definition) is 8. The molecule has 3 rings (SSSR count). The van der Waals surface area contributed by atoms with Gasteiger partial charge in [0.25, 0.3) is 5.91 Å². The van der Waals surface area contributed by atoms with Gasteiger partial charge in [0.1, 0.15) is 16.5 Å². The van der Waals surface area contributed by atoms with Gasteiger partial charge < -0.3 is 19.5 Å². The number of carbonyl (C=O) groups excluding carboxylic acids is 3. The Bertz CT molecular complexity index is 1090. The molecule has 0 saturated heterocycles. The molecule has 0 atom stereocenters. The number of ketones is 1. The molecule has 8 nitrogen and oxygen atoms in total. The second kappa shape index (κ2) is 10.5. The number of carbonyl (C=O) groups is 3. The van der Waals surface area contributed by atoms with E-state index in [1.165, 1.54) is 29.0 Å². The van der Waals surface area contributed by atoms with Crippen molar-refractivity contribution in [1.29, 1.82) is 0 Å². The second-order valence-corrected chi connectivity index (χ2v) is 7.82. The van der Waals surface area contributed by atoms with Gasteiger partial charge in [-0.3, -0.25) is 9.59 Å². The molecule has 2 aliphatic rings. The fraction of sp³-hybridized carbons (Fsp3) is 0.318. The quantitative estimate of drug-likeness (QED) is 0.266. The van der Waals surface area contributed by atoms with Gasteiger partial charge in [0.2, 0.25) is 0 Å². The van der Waals surface area contributed by atoms with E-state index in [0.29, 0.717) is 18.5 Å². The van der Waals surface area contributed by atoms with Gasteiger partial charge in [-0.2, -0.15) is 4.40 Å². The number of hydrogen-bond donors (Lipinski definition) is 1. The second-order valence-electron chi connectivity index (χ2n) is 6.89. The van der Waals surface area contributed by atoms with Crippen LogP contribution in [0.15, 0.2) is 45.4 Å². The highest BCUT2D eigenvalue weighted by Gasteiger charge is 2.32. The van der Waals surface area contributed by atoms with E-state index >= 15 is 0 Å². The Balaban J connectivity index is 1.67. The summed E-state index contributed by atoms with van der Waals surface area (Å²) in [6, 6.07) is 2.73. The monoisotopic (exact) mass is 476 g/mol. The van der Waals surface area contributed by atoms with Crippen LogP contribution >= 0.6 is 23.5 Å². The minimum atomic E-state index is -0.584. The van der Waals surface area contributed by atoms with E-state index in [-0.39, 0.29) is 42.0 Å². The molecule has 1 N–H and O–H groups in total. The number of aromatic hydroxyl groups is 1. The first-order valence-electron chi connectivity index (χ1n) is 9.73. The van der Waals surface area contributed by atoms with Crippen molar-refractivity contribution in [2.75, 3.05) is 32.6 Å². The van der Waals surface area contributed by atoms with Crippen molar-refractivity contribution in [3.05, 3.63) is 51.6 Å². The van der Waals surface area contributed by atoms with Crippen LogP contribution in [0.4, 0.5) is 0 Å². The highest BCUT2D eigenvalue weighted by atomic mass is 35.5. The molecule has 1 aliphatic carbocycles. The number of allylic oxidation sites excluding steroid dienone is 2. The Kier molecular flexibility index (Phi) is 7.80. The van der Waals surface area contributed by atoms with Gasteiger partial charge in [0, 0.05) is 30.4 Å². The topological polar surface area (TPSA) is 106 Å². The molecule has 0 spiro atoms. The summed E-state index contributed by atoms with van der Waals surface area (Å²) in [7, 11) is 0. The summed E-state index contributed by atoms with van der Waals surface area (Å²) in [6.07, 6.45) is 5.88. The standard InChI is InChI=1S/C22H21ClN2O6S/c1-3-30-19(27)12-31-18-7-6-16(21(28)20(18)23)17(26)11-25-10-14-8-13(9-24-32-2)4-5-15(14)22(25)29/h4-7,28H,3,8,10-12H2,1-2H3. The molecule has 1 aromatic carbocycles. The highest BCUT2D eigenvalue weighted by Crippen LogP contribution is 2.37. The van der Waals surface area contributed by atoms with Crippen molar-refractivity contribution in [2.45, 2.75) is 13.3 Å². The lowest BCUT2D eigenvalue weighted by molar-refractivity contribution is -0.145. The smallest absolute Gasteiger partial charge is 0.344 e. The molecular formula is C22H21ClN2O6S. The first kappa shape index (κ1) is 23.7. The predicted octanol–water partition coefficient (Wildman–Crippen LogP) is 3.14. The maximum Gasteiger partial charge on any atom is 0.344 e. The number of nitrogens with zero attached hydrogens (tertiary/aromatic N) is 2. The predicted molar refractivity (Wildman–Crippen MR) is 121 cm³/mol. The highest BCUT2D eigenvalue weighted by molar-refractivity contribution is 7.97. The summed E-state index contributed by atoms with van der Waals surface area (Å²) in [5, 5.41) is 10.2. The average Bonchev–Trinajstić information content (AvgIpc) is 3.08. The molecule has 0 bridgehead atoms. The van der Waals surface area contributed by atoms with Crippen molar-refractivity contribution in [3.8, 4) is 11.5 Å². The first-order valence-corrected chi connectivity index (χ1v) is 11.3. The third-order valence-corrected chi connectivity index (χ3v) is 5.42. The zero-order chi connectivity index (χ0) is 23.3. The Labute approximate surface area is 194 Å². The first-order chi connectivity index (χ1) is 15.3. The van der Waals surface area contributed by atoms with Crippen LogP contribution in [0.25, 0.3) is 0 Å². The van der Waals surface area contributed by atoms with E-state index < -0.39 is 17.5 Å². The Morgan fingerprint density at radius 2 is 2.12 bits per heavy atom. The number of halogens is 1. The maximum absolute atomic E-state index is 12.8. The Morgan fingerprint density at radius 3 is 2.84 bits per heavy atom. The third-order valence-electron chi connectivity index (χ3n) is 4.78. The van der Waals surface area contributed by atoms with Crippen molar-refractivity contribution >= 4 is 47.1 Å². The fourth-order valence-electron chi connectivity index (χ4n) is 3.31. The van der Waals surface area contributed by atoms with Crippen LogP contribution < -0.4 is 4.74 Å². The molecule has 0 unspecified atom stereocenters. The zero-order valence-corrected chi connectivity index (χ0v) is 19.1. The maximum atomic E-state index is 12.8. The number of phenols is 1. The molecule has 168 valence electrons. The number of amides is 1. The van der Waals surface area contributed by atoms with Crippen LogP contribution in [-0.4, -0.2) is 66.1 Å². The minimum Gasteiger partial charge on any atom is -0.505 e. The summed E-state index contributed by atoms with van der Waals surface area (Å²) in [4.78, 5) is 38.3. The zero-order valence-electron chi connectivity index (χ0n) is 17.5. The van der Waals surface area contributed by atoms with Crippen molar-refractivity contribution in [1.82, 2.24) is 4.90 Å². The van der Waals surface area contributed by atoms with Crippen molar-refractivity contribution in [2.24, 2.45) is 4.40 Å². The van der Waals surface area contributed by atoms with Crippen molar-refractivity contribution < 1.29 is 29.0 Å². The van der Waals surface area contributed by atoms with E-state index in [1.54, 1.807) is 19.1 Å². The summed E-state index contributed by atoms with van der Waals surface area (Å²) in [5.74, 6) is 1.19. The van der Waals surface area contributed by atoms with Crippen LogP contribution in [0, 0.1) is 0 Å². The average molecular weight is 477 g/mol. The van der Waals surface area contributed by atoms with Crippen LogP contribution in [0.5, 0.6) is 11.5 Å². The number of esters is 1. The largest absolute Gasteiger partial charge is 0.505 e. The van der Waals surface area contributed by atoms with Crippen LogP contribution in [-0.2, 0) is 14.3 Å². The van der Waals surface area contributed by atoms with Crippen LogP contribution in [0.1, 0.15) is 23.7 Å². The summed E-state index contributed by atoms with van der Waals surface area (Å²) >= 11 is 7.40. The molecule has 32 heavy (non-hydrogen) atoms. The Morgan fingerprint density at radius 1 is 1.34 bits per heavy atom. The number of Topliss-reactive ketones (excluding diaryl/α,β-unsaturated/α-hetero) is 1. The van der Waals surface area contributed by atoms with Gasteiger partial charge in [0.05, 0.1) is 18.7 Å². The van der Waals surface area contributed by atoms with Gasteiger partial charge in [-0.05, 0) is 54.6 Å². The number of phenolic OH excluding ortho intramolecular Hbond substituents is 1. The molecule has 0 aromatic heterocycles. The lowest BCUT2D eigenvalue weighted by Gasteiger charge is -2.17. The fourth-order valence-corrected chi connectivity index (χ4v) is 3.74. The number of rotatable bonds is 8. The molecule has 1 aromatic rings. The van der Waals surface area contributed by atoms with E-state index in [4.69, 9.17) is 21.1 Å². The SMILES string of the molecule is CCOC(=O)COc1ccc(C(=O)CN2CC3=C(C=CC(=C=NSC)C3)C2=O)c(O)c1Cl. The third kappa shape index (κ3) is 5.24. The Hall–Kier alpha value is -3.00. The summed E-state index contributed by atoms with van der Waals surface area (Å²) < 4.78 is 14.0. The van der Waals surface area contributed by atoms with Gasteiger partial charge in [-0.25, -0.2) is 4.79 Å². The number of ether oxygens (including phenoxy) is 2. The number of benzene rings is 1. The molecule has 0 fully saturated rings. The van der Waals surface area contributed by atoms with E-state index in [9.17, 15) is 19.5 Å². The lowest BCUT2D eigenvalue weighted by Crippen LogP contribution is -2.32. The van der Waals surface area contributed by atoms with Gasteiger partial charge in [0.15, 0.2) is 12.4 Å². The van der Waals surface area contributed by atoms with E-state index in [2.05, 4.69) is 10.3 Å². The summed E-state index contributed by atoms with van der Waals surface area (Å²) in [5.41, 5.74) is 2.29. The normalized spacial score (nSPS) is 14.9. The van der Waals surface area contributed by atoms with Crippen LogP contribution in [0.3, 0.4) is 0 Å². The van der Waals surface area contributed by atoms with Crippen LogP contribution in [0.2, 0.25) is 5.02 Å². The van der Waals surface area contributed by atoms with E-state index in [0.717, 1.165) is 11.1 Å². The molecule has 1 aliphatic heterocycles. The molecular weight excluding hydrogens is 456 g/mol. The molecule has 1 heterocycles.